The van der Waals surface area contributed by atoms with Gasteiger partial charge in [-0.1, -0.05) is 36.4 Å². The summed E-state index contributed by atoms with van der Waals surface area (Å²) in [6, 6.07) is 16.1. The molecule has 0 saturated heterocycles. The first-order valence-corrected chi connectivity index (χ1v) is 12.7. The molecule has 0 aliphatic carbocycles. The van der Waals surface area contributed by atoms with Gasteiger partial charge in [0.15, 0.2) is 9.84 Å². The monoisotopic (exact) mass is 471 g/mol. The Morgan fingerprint density at radius 3 is 2.58 bits per heavy atom. The van der Waals surface area contributed by atoms with Crippen LogP contribution in [0.5, 0.6) is 5.75 Å². The first kappa shape index (κ1) is 24.4. The lowest BCUT2D eigenvalue weighted by Gasteiger charge is -2.18. The minimum atomic E-state index is -3.29. The van der Waals surface area contributed by atoms with Crippen LogP contribution >= 0.6 is 0 Å². The lowest BCUT2D eigenvalue weighted by Crippen LogP contribution is -2.30. The second kappa shape index (κ2) is 11.1. The fourth-order valence-electron chi connectivity index (χ4n) is 3.42. The van der Waals surface area contributed by atoms with E-state index in [1.807, 2.05) is 30.3 Å². The molecule has 8 nitrogen and oxygen atoms in total. The maximum absolute atomic E-state index is 12.4. The normalized spacial score (nSPS) is 13.5. The predicted molar refractivity (Wildman–Crippen MR) is 126 cm³/mol. The first-order valence-electron chi connectivity index (χ1n) is 10.8. The second-order valence-corrected chi connectivity index (χ2v) is 9.96. The largest absolute Gasteiger partial charge is 0.493 e. The number of hydrogen-bond acceptors (Lipinski definition) is 6. The molecule has 0 aromatic heterocycles. The van der Waals surface area contributed by atoms with E-state index in [4.69, 9.17) is 4.74 Å². The summed E-state index contributed by atoms with van der Waals surface area (Å²) in [5, 5.41) is 5.87. The molecule has 2 aromatic carbocycles. The minimum Gasteiger partial charge on any atom is -0.493 e. The Labute approximate surface area is 194 Å². The molecule has 176 valence electrons. The first-order chi connectivity index (χ1) is 15.7. The summed E-state index contributed by atoms with van der Waals surface area (Å²) in [6.07, 6.45) is 2.67. The summed E-state index contributed by atoms with van der Waals surface area (Å²) in [4.78, 5) is 26.6. The van der Waals surface area contributed by atoms with Gasteiger partial charge in [0, 0.05) is 39.1 Å². The van der Waals surface area contributed by atoms with Gasteiger partial charge in [-0.3, -0.25) is 9.59 Å². The zero-order chi connectivity index (χ0) is 23.8. The highest BCUT2D eigenvalue weighted by molar-refractivity contribution is 7.90. The van der Waals surface area contributed by atoms with E-state index in [1.54, 1.807) is 24.1 Å². The number of hydrogen-bond donors (Lipinski definition) is 0. The van der Waals surface area contributed by atoms with E-state index in [0.717, 1.165) is 17.5 Å². The molecular weight excluding hydrogens is 442 g/mol. The SMILES string of the molecule is CN(CCCOc1cccc(S(C)(=O)=O)c1)C(=O)CCC(=O)N1CCC(c2ccccc2)=N1. The Bertz CT molecular complexity index is 1120. The molecule has 1 heterocycles. The van der Waals surface area contributed by atoms with E-state index in [1.165, 1.54) is 17.1 Å². The number of rotatable bonds is 10. The Hall–Kier alpha value is -3.20. The third-order valence-corrected chi connectivity index (χ3v) is 6.43. The van der Waals surface area contributed by atoms with Crippen LogP contribution in [-0.2, 0) is 19.4 Å². The van der Waals surface area contributed by atoms with Crippen LogP contribution in [0.4, 0.5) is 0 Å². The average Bonchev–Trinajstić information content (AvgIpc) is 3.30. The van der Waals surface area contributed by atoms with Crippen LogP contribution in [0.2, 0.25) is 0 Å². The van der Waals surface area contributed by atoms with Gasteiger partial charge in [0.1, 0.15) is 5.75 Å². The highest BCUT2D eigenvalue weighted by Gasteiger charge is 2.22. The smallest absolute Gasteiger partial charge is 0.243 e. The number of benzene rings is 2. The fourth-order valence-corrected chi connectivity index (χ4v) is 4.07. The van der Waals surface area contributed by atoms with Crippen LogP contribution in [0.25, 0.3) is 0 Å². The Morgan fingerprint density at radius 2 is 1.85 bits per heavy atom. The highest BCUT2D eigenvalue weighted by atomic mass is 32.2. The molecule has 1 aliphatic heterocycles. The van der Waals surface area contributed by atoms with Crippen molar-refractivity contribution in [2.24, 2.45) is 5.10 Å². The topological polar surface area (TPSA) is 96.3 Å². The van der Waals surface area contributed by atoms with Crippen LogP contribution in [0.15, 0.2) is 64.6 Å². The predicted octanol–water partition coefficient (Wildman–Crippen LogP) is 2.73. The molecular formula is C24H29N3O5S. The molecule has 0 saturated carbocycles. The van der Waals surface area contributed by atoms with Crippen LogP contribution in [0, 0.1) is 0 Å². The number of carbonyl (C=O) groups is 2. The van der Waals surface area contributed by atoms with Gasteiger partial charge in [-0.15, -0.1) is 0 Å². The molecule has 2 aromatic rings. The minimum absolute atomic E-state index is 0.115. The number of sulfone groups is 1. The van der Waals surface area contributed by atoms with Gasteiger partial charge in [0.25, 0.3) is 0 Å². The van der Waals surface area contributed by atoms with Gasteiger partial charge in [0.2, 0.25) is 11.8 Å². The summed E-state index contributed by atoms with van der Waals surface area (Å²) in [5.41, 5.74) is 1.89. The molecule has 0 spiro atoms. The summed E-state index contributed by atoms with van der Waals surface area (Å²) >= 11 is 0. The fraction of sp³-hybridized carbons (Fsp3) is 0.375. The zero-order valence-corrected chi connectivity index (χ0v) is 19.8. The quantitative estimate of drug-likeness (QED) is 0.497. The van der Waals surface area contributed by atoms with Gasteiger partial charge in [0.05, 0.1) is 23.8 Å². The van der Waals surface area contributed by atoms with Crippen molar-refractivity contribution in [3.8, 4) is 5.75 Å². The number of nitrogens with zero attached hydrogens (tertiary/aromatic N) is 3. The third kappa shape index (κ3) is 7.15. The molecule has 0 radical (unpaired) electrons. The van der Waals surface area contributed by atoms with Crippen molar-refractivity contribution in [2.45, 2.75) is 30.6 Å². The van der Waals surface area contributed by atoms with Crippen molar-refractivity contribution in [1.29, 1.82) is 0 Å². The van der Waals surface area contributed by atoms with Crippen molar-refractivity contribution in [1.82, 2.24) is 9.91 Å². The Balaban J connectivity index is 1.38. The van der Waals surface area contributed by atoms with E-state index in [2.05, 4.69) is 5.10 Å². The number of ether oxygens (including phenoxy) is 1. The average molecular weight is 472 g/mol. The molecule has 0 bridgehead atoms. The third-order valence-electron chi connectivity index (χ3n) is 5.32. The molecule has 0 fully saturated rings. The summed E-state index contributed by atoms with van der Waals surface area (Å²) in [7, 11) is -1.60. The number of amides is 2. The van der Waals surface area contributed by atoms with Crippen LogP contribution in [-0.4, -0.2) is 68.9 Å². The maximum atomic E-state index is 12.4. The van der Waals surface area contributed by atoms with Crippen molar-refractivity contribution in [3.63, 3.8) is 0 Å². The van der Waals surface area contributed by atoms with Gasteiger partial charge in [-0.25, -0.2) is 13.4 Å². The van der Waals surface area contributed by atoms with E-state index >= 15 is 0 Å². The summed E-state index contributed by atoms with van der Waals surface area (Å²) in [6.45, 7) is 1.35. The highest BCUT2D eigenvalue weighted by Crippen LogP contribution is 2.18. The molecule has 1 aliphatic rings. The van der Waals surface area contributed by atoms with E-state index < -0.39 is 9.84 Å². The number of hydrazone groups is 1. The molecule has 3 rings (SSSR count). The van der Waals surface area contributed by atoms with Crippen molar-refractivity contribution >= 4 is 27.4 Å². The standard InChI is InChI=1S/C24H29N3O5S/c1-26(15-7-17-32-20-10-6-11-21(18-20)33(2,30)31)23(28)12-13-24(29)27-16-14-22(25-27)19-8-4-3-5-9-19/h3-6,8-11,18H,7,12-17H2,1-2H3. The van der Waals surface area contributed by atoms with Crippen molar-refractivity contribution < 1.29 is 22.7 Å². The van der Waals surface area contributed by atoms with Gasteiger partial charge in [-0.05, 0) is 30.2 Å². The lowest BCUT2D eigenvalue weighted by atomic mass is 10.1. The molecule has 0 unspecified atom stereocenters. The molecule has 33 heavy (non-hydrogen) atoms. The van der Waals surface area contributed by atoms with E-state index in [9.17, 15) is 18.0 Å². The number of carbonyl (C=O) groups excluding carboxylic acids is 2. The molecule has 9 heteroatoms. The summed E-state index contributed by atoms with van der Waals surface area (Å²) < 4.78 is 28.8. The molecule has 0 N–H and O–H groups in total. The van der Waals surface area contributed by atoms with Gasteiger partial charge >= 0.3 is 0 Å². The van der Waals surface area contributed by atoms with Crippen molar-refractivity contribution in [3.05, 3.63) is 60.2 Å². The maximum Gasteiger partial charge on any atom is 0.243 e. The van der Waals surface area contributed by atoms with Gasteiger partial charge in [-0.2, -0.15) is 5.10 Å². The molecule has 2 amide bonds. The van der Waals surface area contributed by atoms with Crippen molar-refractivity contribution in [2.75, 3.05) is 33.0 Å². The Morgan fingerprint density at radius 1 is 1.09 bits per heavy atom. The zero-order valence-electron chi connectivity index (χ0n) is 18.9. The van der Waals surface area contributed by atoms with Crippen LogP contribution in [0.1, 0.15) is 31.2 Å². The van der Waals surface area contributed by atoms with Crippen LogP contribution in [0.3, 0.4) is 0 Å². The van der Waals surface area contributed by atoms with E-state index in [0.29, 0.717) is 38.3 Å². The summed E-state index contributed by atoms with van der Waals surface area (Å²) in [5.74, 6) is 0.198. The van der Waals surface area contributed by atoms with E-state index in [-0.39, 0.29) is 29.6 Å². The van der Waals surface area contributed by atoms with Gasteiger partial charge < -0.3 is 9.64 Å². The van der Waals surface area contributed by atoms with Crippen LogP contribution < -0.4 is 4.74 Å². The molecule has 0 atom stereocenters. The lowest BCUT2D eigenvalue weighted by molar-refractivity contribution is -0.136. The second-order valence-electron chi connectivity index (χ2n) is 7.94. The Kier molecular flexibility index (Phi) is 8.21.